The molecule has 2 rings (SSSR count). The Morgan fingerprint density at radius 3 is 2.62 bits per heavy atom. The second-order valence-electron chi connectivity index (χ2n) is 4.84. The summed E-state index contributed by atoms with van der Waals surface area (Å²) in [5, 5.41) is 3.40. The number of nitrogens with zero attached hydrogens (tertiary/aromatic N) is 1. The lowest BCUT2D eigenvalue weighted by molar-refractivity contribution is 0.317. The molecule has 0 bridgehead atoms. The quantitative estimate of drug-likeness (QED) is 0.834. The van der Waals surface area contributed by atoms with E-state index in [9.17, 15) is 0 Å². The van der Waals surface area contributed by atoms with Gasteiger partial charge in [0.05, 0.1) is 19.8 Å². The summed E-state index contributed by atoms with van der Waals surface area (Å²) < 4.78 is 10.9. The van der Waals surface area contributed by atoms with E-state index in [0.717, 1.165) is 23.7 Å². The van der Waals surface area contributed by atoms with E-state index in [-0.39, 0.29) is 6.04 Å². The van der Waals surface area contributed by atoms with Crippen LogP contribution in [-0.2, 0) is 0 Å². The van der Waals surface area contributed by atoms with Crippen molar-refractivity contribution in [2.75, 3.05) is 19.0 Å². The molecule has 0 saturated heterocycles. The Hall–Kier alpha value is -2.23. The maximum Gasteiger partial charge on any atom is 0.169 e. The summed E-state index contributed by atoms with van der Waals surface area (Å²) in [5.74, 6) is 2.42. The Morgan fingerprint density at radius 2 is 1.95 bits per heavy atom. The maximum atomic E-state index is 5.71. The second kappa shape index (κ2) is 7.53. The van der Waals surface area contributed by atoms with E-state index in [1.807, 2.05) is 36.4 Å². The van der Waals surface area contributed by atoms with Crippen molar-refractivity contribution in [3.63, 3.8) is 0 Å². The molecule has 0 radical (unpaired) electrons. The van der Waals surface area contributed by atoms with Gasteiger partial charge in [-0.25, -0.2) is 4.98 Å². The summed E-state index contributed by atoms with van der Waals surface area (Å²) >= 11 is 0. The highest BCUT2D eigenvalue weighted by atomic mass is 16.5. The average Bonchev–Trinajstić information content (AvgIpc) is 2.54. The van der Waals surface area contributed by atoms with Crippen LogP contribution in [0.2, 0.25) is 0 Å². The van der Waals surface area contributed by atoms with E-state index in [1.54, 1.807) is 13.3 Å². The summed E-state index contributed by atoms with van der Waals surface area (Å²) in [4.78, 5) is 4.37. The highest BCUT2D eigenvalue weighted by molar-refractivity contribution is 5.51. The van der Waals surface area contributed by atoms with Crippen LogP contribution in [0.5, 0.6) is 11.5 Å². The molecule has 0 amide bonds. The standard InChI is InChI=1S/C17H22N2O2/c1-4-12-21-16-6-5-11-18-17(16)19-13(2)14-7-9-15(20-3)10-8-14/h5-11,13H,4,12H2,1-3H3,(H,18,19). The Labute approximate surface area is 126 Å². The van der Waals surface area contributed by atoms with Crippen LogP contribution in [0, 0.1) is 0 Å². The zero-order chi connectivity index (χ0) is 15.1. The fourth-order valence-electron chi connectivity index (χ4n) is 2.01. The number of aromatic nitrogens is 1. The predicted octanol–water partition coefficient (Wildman–Crippen LogP) is 4.05. The summed E-state index contributed by atoms with van der Waals surface area (Å²) in [7, 11) is 1.67. The third-order valence-corrected chi connectivity index (χ3v) is 3.20. The average molecular weight is 286 g/mol. The monoisotopic (exact) mass is 286 g/mol. The van der Waals surface area contributed by atoms with Crippen molar-refractivity contribution < 1.29 is 9.47 Å². The van der Waals surface area contributed by atoms with Crippen LogP contribution in [0.25, 0.3) is 0 Å². The van der Waals surface area contributed by atoms with E-state index < -0.39 is 0 Å². The molecule has 0 saturated carbocycles. The van der Waals surface area contributed by atoms with Crippen molar-refractivity contribution in [2.45, 2.75) is 26.3 Å². The van der Waals surface area contributed by atoms with Gasteiger partial charge in [-0.05, 0) is 43.2 Å². The molecule has 0 aliphatic heterocycles. The van der Waals surface area contributed by atoms with E-state index in [1.165, 1.54) is 5.56 Å². The van der Waals surface area contributed by atoms with Crippen molar-refractivity contribution in [1.29, 1.82) is 0 Å². The van der Waals surface area contributed by atoms with Gasteiger partial charge in [-0.1, -0.05) is 19.1 Å². The van der Waals surface area contributed by atoms with E-state index in [2.05, 4.69) is 24.1 Å². The first-order valence-corrected chi connectivity index (χ1v) is 7.23. The van der Waals surface area contributed by atoms with Crippen molar-refractivity contribution in [3.8, 4) is 11.5 Å². The third-order valence-electron chi connectivity index (χ3n) is 3.20. The SMILES string of the molecule is CCCOc1cccnc1NC(C)c1ccc(OC)cc1. The van der Waals surface area contributed by atoms with Gasteiger partial charge in [0.15, 0.2) is 11.6 Å². The second-order valence-corrected chi connectivity index (χ2v) is 4.84. The number of rotatable bonds is 7. The minimum Gasteiger partial charge on any atom is -0.497 e. The predicted molar refractivity (Wildman–Crippen MR) is 85.1 cm³/mol. The zero-order valence-corrected chi connectivity index (χ0v) is 12.8. The number of benzene rings is 1. The number of nitrogens with one attached hydrogen (secondary N) is 1. The third kappa shape index (κ3) is 4.12. The van der Waals surface area contributed by atoms with Crippen LogP contribution in [0.1, 0.15) is 31.9 Å². The molecule has 0 fully saturated rings. The molecular formula is C17H22N2O2. The van der Waals surface area contributed by atoms with Gasteiger partial charge < -0.3 is 14.8 Å². The summed E-state index contributed by atoms with van der Waals surface area (Å²) in [6.07, 6.45) is 2.74. The van der Waals surface area contributed by atoms with Gasteiger partial charge in [0.1, 0.15) is 5.75 Å². The van der Waals surface area contributed by atoms with E-state index >= 15 is 0 Å². The molecule has 0 spiro atoms. The van der Waals surface area contributed by atoms with Gasteiger partial charge in [-0.3, -0.25) is 0 Å². The molecular weight excluding hydrogens is 264 g/mol. The Balaban J connectivity index is 2.09. The molecule has 2 aromatic rings. The summed E-state index contributed by atoms with van der Waals surface area (Å²) in [5.41, 5.74) is 1.17. The van der Waals surface area contributed by atoms with Crippen molar-refractivity contribution in [3.05, 3.63) is 48.2 Å². The normalized spacial score (nSPS) is 11.8. The summed E-state index contributed by atoms with van der Waals surface area (Å²) in [6.45, 7) is 4.88. The van der Waals surface area contributed by atoms with Crippen LogP contribution in [0.3, 0.4) is 0 Å². The largest absolute Gasteiger partial charge is 0.497 e. The zero-order valence-electron chi connectivity index (χ0n) is 12.8. The van der Waals surface area contributed by atoms with Crippen LogP contribution in [0.15, 0.2) is 42.6 Å². The van der Waals surface area contributed by atoms with Crippen LogP contribution in [0.4, 0.5) is 5.82 Å². The molecule has 112 valence electrons. The van der Waals surface area contributed by atoms with Crippen LogP contribution >= 0.6 is 0 Å². The van der Waals surface area contributed by atoms with E-state index in [0.29, 0.717) is 6.61 Å². The minimum atomic E-state index is 0.134. The molecule has 0 aliphatic carbocycles. The highest BCUT2D eigenvalue weighted by Crippen LogP contribution is 2.26. The van der Waals surface area contributed by atoms with Crippen LogP contribution in [-0.4, -0.2) is 18.7 Å². The first-order chi connectivity index (χ1) is 10.2. The number of hydrogen-bond donors (Lipinski definition) is 1. The first kappa shape index (κ1) is 15.2. The Bertz CT molecular complexity index is 555. The number of methoxy groups -OCH3 is 1. The van der Waals surface area contributed by atoms with Gasteiger partial charge in [0, 0.05) is 6.20 Å². The van der Waals surface area contributed by atoms with Crippen molar-refractivity contribution >= 4 is 5.82 Å². The van der Waals surface area contributed by atoms with Crippen LogP contribution < -0.4 is 14.8 Å². The first-order valence-electron chi connectivity index (χ1n) is 7.23. The topological polar surface area (TPSA) is 43.4 Å². The molecule has 1 aromatic carbocycles. The smallest absolute Gasteiger partial charge is 0.169 e. The number of hydrogen-bond acceptors (Lipinski definition) is 4. The lowest BCUT2D eigenvalue weighted by atomic mass is 10.1. The minimum absolute atomic E-state index is 0.134. The van der Waals surface area contributed by atoms with Gasteiger partial charge in [-0.15, -0.1) is 0 Å². The molecule has 0 aliphatic rings. The molecule has 1 heterocycles. The lowest BCUT2D eigenvalue weighted by Crippen LogP contribution is -2.09. The fraction of sp³-hybridized carbons (Fsp3) is 0.353. The number of pyridine rings is 1. The highest BCUT2D eigenvalue weighted by Gasteiger charge is 2.10. The fourth-order valence-corrected chi connectivity index (χ4v) is 2.01. The van der Waals surface area contributed by atoms with Crippen molar-refractivity contribution in [1.82, 2.24) is 4.98 Å². The molecule has 4 heteroatoms. The number of anilines is 1. The van der Waals surface area contributed by atoms with Gasteiger partial charge >= 0.3 is 0 Å². The Kier molecular flexibility index (Phi) is 5.43. The summed E-state index contributed by atoms with van der Waals surface area (Å²) in [6, 6.07) is 12.0. The molecule has 4 nitrogen and oxygen atoms in total. The lowest BCUT2D eigenvalue weighted by Gasteiger charge is -2.17. The molecule has 1 aromatic heterocycles. The van der Waals surface area contributed by atoms with Gasteiger partial charge in [0.2, 0.25) is 0 Å². The Morgan fingerprint density at radius 1 is 1.19 bits per heavy atom. The molecule has 1 N–H and O–H groups in total. The van der Waals surface area contributed by atoms with Crippen molar-refractivity contribution in [2.24, 2.45) is 0 Å². The van der Waals surface area contributed by atoms with E-state index in [4.69, 9.17) is 9.47 Å². The maximum absolute atomic E-state index is 5.71. The molecule has 21 heavy (non-hydrogen) atoms. The van der Waals surface area contributed by atoms with Gasteiger partial charge in [-0.2, -0.15) is 0 Å². The molecule has 1 unspecified atom stereocenters. The number of ether oxygens (including phenoxy) is 2. The molecule has 1 atom stereocenters. The van der Waals surface area contributed by atoms with Gasteiger partial charge in [0.25, 0.3) is 0 Å².